The van der Waals surface area contributed by atoms with E-state index in [1.807, 2.05) is 0 Å². The van der Waals surface area contributed by atoms with Crippen LogP contribution in [0.5, 0.6) is 0 Å². The Hall–Kier alpha value is -2.64. The number of hydrogen-bond acceptors (Lipinski definition) is 3. The normalized spacial score (nSPS) is 12.9. The third-order valence-corrected chi connectivity index (χ3v) is 3.33. The van der Waals surface area contributed by atoms with Crippen molar-refractivity contribution in [2.75, 3.05) is 0 Å². The lowest BCUT2D eigenvalue weighted by atomic mass is 10.1. The molecule has 0 amide bonds. The second-order valence-corrected chi connectivity index (χ2v) is 4.89. The van der Waals surface area contributed by atoms with Crippen LogP contribution in [0.2, 0.25) is 0 Å². The van der Waals surface area contributed by atoms with Crippen molar-refractivity contribution >= 4 is 6.29 Å². The van der Waals surface area contributed by atoms with Gasteiger partial charge in [0.1, 0.15) is 18.7 Å². The van der Waals surface area contributed by atoms with Gasteiger partial charge in [-0.2, -0.15) is 18.3 Å². The first-order valence-electron chi connectivity index (χ1n) is 6.73. The van der Waals surface area contributed by atoms with Crippen molar-refractivity contribution in [3.63, 3.8) is 0 Å². The molecule has 2 aromatic rings. The number of aldehydes is 1. The number of hydrogen-bond donors (Lipinski definition) is 0. The largest absolute Gasteiger partial charge is 0.416 e. The van der Waals surface area contributed by atoms with Gasteiger partial charge in [0.2, 0.25) is 0 Å². The second kappa shape index (κ2) is 6.23. The molecule has 0 radical (unpaired) electrons. The molecule has 0 bridgehead atoms. The van der Waals surface area contributed by atoms with E-state index in [0.717, 1.165) is 16.8 Å². The summed E-state index contributed by atoms with van der Waals surface area (Å²) < 4.78 is 40.0. The van der Waals surface area contributed by atoms with Gasteiger partial charge in [-0.15, -0.1) is 6.58 Å². The predicted octanol–water partition coefficient (Wildman–Crippen LogP) is 2.54. The van der Waals surface area contributed by atoms with E-state index in [9.17, 15) is 22.8 Å². The minimum absolute atomic E-state index is 0.233. The van der Waals surface area contributed by atoms with Crippen LogP contribution in [-0.2, 0) is 17.5 Å². The van der Waals surface area contributed by atoms with Crippen LogP contribution in [0.3, 0.4) is 0 Å². The summed E-state index contributed by atoms with van der Waals surface area (Å²) >= 11 is 0. The van der Waals surface area contributed by atoms with Gasteiger partial charge in [-0.1, -0.05) is 13.0 Å². The van der Waals surface area contributed by atoms with Crippen LogP contribution in [0.1, 0.15) is 24.2 Å². The summed E-state index contributed by atoms with van der Waals surface area (Å²) in [6.07, 6.45) is -2.39. The first-order chi connectivity index (χ1) is 10.8. The zero-order chi connectivity index (χ0) is 17.2. The van der Waals surface area contributed by atoms with Crippen LogP contribution in [0.4, 0.5) is 13.2 Å². The summed E-state index contributed by atoms with van der Waals surface area (Å²) in [6, 6.07) is 4.16. The third-order valence-electron chi connectivity index (χ3n) is 3.33. The monoisotopic (exact) mass is 325 g/mol. The van der Waals surface area contributed by atoms with Gasteiger partial charge in [0.15, 0.2) is 0 Å². The summed E-state index contributed by atoms with van der Waals surface area (Å²) in [5.74, 6) is -0.0236. The summed E-state index contributed by atoms with van der Waals surface area (Å²) in [7, 11) is 0. The number of alkyl halides is 3. The van der Waals surface area contributed by atoms with Crippen molar-refractivity contribution in [3.05, 3.63) is 58.8 Å². The zero-order valence-electron chi connectivity index (χ0n) is 12.2. The molecular formula is C15H14F3N3O2. The van der Waals surface area contributed by atoms with E-state index in [2.05, 4.69) is 11.7 Å². The molecule has 122 valence electrons. The van der Waals surface area contributed by atoms with Crippen molar-refractivity contribution in [2.24, 2.45) is 0 Å². The highest BCUT2D eigenvalue weighted by atomic mass is 19.4. The highest BCUT2D eigenvalue weighted by Crippen LogP contribution is 2.29. The molecule has 23 heavy (non-hydrogen) atoms. The topological polar surface area (TPSA) is 56.9 Å². The quantitative estimate of drug-likeness (QED) is 0.627. The maximum atomic E-state index is 12.6. The first kappa shape index (κ1) is 16.7. The lowest BCUT2D eigenvalue weighted by Gasteiger charge is -2.10. The zero-order valence-corrected chi connectivity index (χ0v) is 12.2. The number of allylic oxidation sites excluding steroid dienone is 1. The van der Waals surface area contributed by atoms with Gasteiger partial charge in [0, 0.05) is 5.92 Å². The molecule has 2 rings (SSSR count). The molecule has 0 aliphatic heterocycles. The van der Waals surface area contributed by atoms with Gasteiger partial charge in [-0.3, -0.25) is 0 Å². The molecule has 0 saturated heterocycles. The van der Waals surface area contributed by atoms with Crippen molar-refractivity contribution in [1.29, 1.82) is 0 Å². The van der Waals surface area contributed by atoms with Crippen LogP contribution in [-0.4, -0.2) is 20.6 Å². The van der Waals surface area contributed by atoms with Crippen LogP contribution in [0.15, 0.2) is 41.7 Å². The number of nitrogens with zero attached hydrogens (tertiary/aromatic N) is 3. The Kier molecular flexibility index (Phi) is 4.53. The van der Waals surface area contributed by atoms with E-state index in [4.69, 9.17) is 0 Å². The SMILES string of the molecule is C=CC(C)c1nn(CC=O)c(=O)n1-c1ccc(C(F)(F)F)cc1. The number of rotatable bonds is 5. The number of benzene rings is 1. The molecule has 0 N–H and O–H groups in total. The Labute approximate surface area is 129 Å². The van der Waals surface area contributed by atoms with E-state index in [1.54, 1.807) is 13.0 Å². The minimum atomic E-state index is -4.46. The lowest BCUT2D eigenvalue weighted by molar-refractivity contribution is -0.137. The third kappa shape index (κ3) is 3.25. The van der Waals surface area contributed by atoms with Crippen molar-refractivity contribution in [1.82, 2.24) is 14.3 Å². The molecule has 1 atom stereocenters. The fourth-order valence-electron chi connectivity index (χ4n) is 2.06. The minimum Gasteiger partial charge on any atom is -0.301 e. The fraction of sp³-hybridized carbons (Fsp3) is 0.267. The van der Waals surface area contributed by atoms with Crippen LogP contribution < -0.4 is 5.69 Å². The van der Waals surface area contributed by atoms with Gasteiger partial charge in [0.25, 0.3) is 0 Å². The van der Waals surface area contributed by atoms with Crippen LogP contribution >= 0.6 is 0 Å². The molecule has 1 heterocycles. The molecule has 8 heteroatoms. The molecule has 0 saturated carbocycles. The predicted molar refractivity (Wildman–Crippen MR) is 77.5 cm³/mol. The van der Waals surface area contributed by atoms with Gasteiger partial charge >= 0.3 is 11.9 Å². The number of carbonyl (C=O) groups is 1. The Balaban J connectivity index is 2.59. The van der Waals surface area contributed by atoms with Gasteiger partial charge in [0.05, 0.1) is 11.3 Å². The molecular weight excluding hydrogens is 311 g/mol. The van der Waals surface area contributed by atoms with Crippen molar-refractivity contribution < 1.29 is 18.0 Å². The molecule has 1 aromatic carbocycles. The van der Waals surface area contributed by atoms with Crippen LogP contribution in [0.25, 0.3) is 5.69 Å². The number of halogens is 3. The summed E-state index contributed by atoms with van der Waals surface area (Å²) in [6.45, 7) is 5.12. The molecule has 0 aliphatic carbocycles. The Morgan fingerprint density at radius 2 is 1.91 bits per heavy atom. The van der Waals surface area contributed by atoms with E-state index in [-0.39, 0.29) is 18.2 Å². The average molecular weight is 325 g/mol. The smallest absolute Gasteiger partial charge is 0.301 e. The lowest BCUT2D eigenvalue weighted by Crippen LogP contribution is -2.25. The Morgan fingerprint density at radius 1 is 1.30 bits per heavy atom. The van der Waals surface area contributed by atoms with E-state index in [0.29, 0.717) is 12.1 Å². The first-order valence-corrected chi connectivity index (χ1v) is 6.73. The van der Waals surface area contributed by atoms with E-state index >= 15 is 0 Å². The van der Waals surface area contributed by atoms with E-state index in [1.165, 1.54) is 16.7 Å². The summed E-state index contributed by atoms with van der Waals surface area (Å²) in [5, 5.41) is 4.06. The van der Waals surface area contributed by atoms with Gasteiger partial charge in [-0.25, -0.2) is 14.0 Å². The fourth-order valence-corrected chi connectivity index (χ4v) is 2.06. The highest BCUT2D eigenvalue weighted by molar-refractivity contribution is 5.49. The molecule has 1 aromatic heterocycles. The number of aromatic nitrogens is 3. The Morgan fingerprint density at radius 3 is 2.39 bits per heavy atom. The summed E-state index contributed by atoms with van der Waals surface area (Å²) in [5.41, 5.74) is -1.17. The average Bonchev–Trinajstić information content (AvgIpc) is 2.83. The second-order valence-electron chi connectivity index (χ2n) is 4.89. The highest BCUT2D eigenvalue weighted by Gasteiger charge is 2.30. The van der Waals surface area contributed by atoms with Gasteiger partial charge < -0.3 is 4.79 Å². The van der Waals surface area contributed by atoms with Crippen LogP contribution in [0, 0.1) is 0 Å². The Bertz CT molecular complexity index is 773. The number of carbonyl (C=O) groups excluding carboxylic acids is 1. The summed E-state index contributed by atoms with van der Waals surface area (Å²) in [4.78, 5) is 23.0. The standard InChI is InChI=1S/C15H14F3N3O2/c1-3-10(2)13-19-20(8-9-22)14(23)21(13)12-6-4-11(5-7-12)15(16,17)18/h3-7,9-10H,1,8H2,2H3. The molecule has 0 spiro atoms. The maximum Gasteiger partial charge on any atom is 0.416 e. The van der Waals surface area contributed by atoms with E-state index < -0.39 is 17.4 Å². The van der Waals surface area contributed by atoms with Gasteiger partial charge in [-0.05, 0) is 24.3 Å². The van der Waals surface area contributed by atoms with Crippen molar-refractivity contribution in [2.45, 2.75) is 25.6 Å². The van der Waals surface area contributed by atoms with Crippen molar-refractivity contribution in [3.8, 4) is 5.69 Å². The maximum absolute atomic E-state index is 12.6. The molecule has 1 unspecified atom stereocenters. The molecule has 0 fully saturated rings. The molecule has 5 nitrogen and oxygen atoms in total. The molecule has 0 aliphatic rings.